The van der Waals surface area contributed by atoms with Gasteiger partial charge in [-0.15, -0.1) is 0 Å². The summed E-state index contributed by atoms with van der Waals surface area (Å²) in [4.78, 5) is 25.4. The van der Waals surface area contributed by atoms with E-state index >= 15 is 0 Å². The van der Waals surface area contributed by atoms with Crippen molar-refractivity contribution in [3.05, 3.63) is 63.1 Å². The lowest BCUT2D eigenvalue weighted by atomic mass is 9.94. The first-order valence-electron chi connectivity index (χ1n) is 8.52. The summed E-state index contributed by atoms with van der Waals surface area (Å²) in [6.45, 7) is 1.83. The van der Waals surface area contributed by atoms with Crippen LogP contribution in [0.5, 0.6) is 5.75 Å². The molecule has 0 spiro atoms. The minimum atomic E-state index is -0.387. The van der Waals surface area contributed by atoms with Crippen molar-refractivity contribution in [2.24, 2.45) is 0 Å². The molecule has 1 heterocycles. The van der Waals surface area contributed by atoms with Crippen LogP contribution in [0, 0.1) is 18.3 Å². The second kappa shape index (κ2) is 6.94. The fourth-order valence-corrected chi connectivity index (χ4v) is 3.42. The number of benzene rings is 1. The Bertz CT molecular complexity index is 916. The van der Waals surface area contributed by atoms with E-state index in [1.54, 1.807) is 18.3 Å². The van der Waals surface area contributed by atoms with Gasteiger partial charge in [0, 0.05) is 17.8 Å². The molecule has 1 aromatic carbocycles. The van der Waals surface area contributed by atoms with Gasteiger partial charge in [-0.05, 0) is 38.0 Å². The van der Waals surface area contributed by atoms with Crippen molar-refractivity contribution < 1.29 is 9.90 Å². The second-order valence-electron chi connectivity index (χ2n) is 6.61. The highest BCUT2D eigenvalue weighted by Gasteiger charge is 2.21. The molecule has 128 valence electrons. The van der Waals surface area contributed by atoms with Gasteiger partial charge >= 0.3 is 0 Å². The molecule has 5 heteroatoms. The van der Waals surface area contributed by atoms with E-state index in [1.165, 1.54) is 16.7 Å². The molecule has 25 heavy (non-hydrogen) atoms. The number of aromatic hydroxyl groups is 1. The number of carbonyl (C=O) groups is 1. The summed E-state index contributed by atoms with van der Waals surface area (Å²) in [5.41, 5.74) is 0.894. The average molecular weight is 336 g/mol. The quantitative estimate of drug-likeness (QED) is 0.870. The first kappa shape index (κ1) is 17.0. The smallest absolute Gasteiger partial charge is 0.268 e. The van der Waals surface area contributed by atoms with Crippen molar-refractivity contribution in [2.75, 3.05) is 0 Å². The molecule has 0 radical (unpaired) electrons. The van der Waals surface area contributed by atoms with Gasteiger partial charge in [0.25, 0.3) is 5.56 Å². The Labute approximate surface area is 146 Å². The summed E-state index contributed by atoms with van der Waals surface area (Å²) in [5.74, 6) is -0.494. The Hall–Kier alpha value is -2.87. The SMILES string of the molecule is Cc1ccc(O)c(C(=O)c2cc(C#N)c(=O)n(C3CCCCC3)c2)c1. The lowest BCUT2D eigenvalue weighted by molar-refractivity contribution is 0.103. The largest absolute Gasteiger partial charge is 0.507 e. The van der Waals surface area contributed by atoms with Gasteiger partial charge < -0.3 is 9.67 Å². The molecule has 0 unspecified atom stereocenters. The number of hydrogen-bond acceptors (Lipinski definition) is 4. The summed E-state index contributed by atoms with van der Waals surface area (Å²) in [7, 11) is 0. The predicted octanol–water partition coefficient (Wildman–Crippen LogP) is 3.47. The lowest BCUT2D eigenvalue weighted by Crippen LogP contribution is -2.29. The number of pyridine rings is 1. The highest BCUT2D eigenvalue weighted by Crippen LogP contribution is 2.28. The first-order valence-corrected chi connectivity index (χ1v) is 8.52. The van der Waals surface area contributed by atoms with Crippen LogP contribution < -0.4 is 5.56 Å². The minimum absolute atomic E-state index is 0.0206. The van der Waals surface area contributed by atoms with Crippen molar-refractivity contribution in [3.63, 3.8) is 0 Å². The van der Waals surface area contributed by atoms with Crippen LogP contribution in [0.1, 0.15) is 65.2 Å². The summed E-state index contributed by atoms with van der Waals surface area (Å²) >= 11 is 0. The van der Waals surface area contributed by atoms with Crippen molar-refractivity contribution in [1.29, 1.82) is 5.26 Å². The molecule has 0 saturated heterocycles. The molecular formula is C20H20N2O3. The van der Waals surface area contributed by atoms with E-state index in [-0.39, 0.29) is 39.8 Å². The molecule has 0 aliphatic heterocycles. The van der Waals surface area contributed by atoms with E-state index in [9.17, 15) is 20.0 Å². The molecule has 3 rings (SSSR count). The fraction of sp³-hybridized carbons (Fsp3) is 0.350. The number of ketones is 1. The maximum atomic E-state index is 12.8. The van der Waals surface area contributed by atoms with E-state index in [1.807, 2.05) is 13.0 Å². The van der Waals surface area contributed by atoms with Gasteiger partial charge in [-0.3, -0.25) is 9.59 Å². The topological polar surface area (TPSA) is 83.1 Å². The van der Waals surface area contributed by atoms with Crippen LogP contribution in [-0.4, -0.2) is 15.5 Å². The number of phenols is 1. The standard InChI is InChI=1S/C20H20N2O3/c1-13-7-8-18(23)17(9-13)19(24)15-10-14(11-21)20(25)22(12-15)16-5-3-2-4-6-16/h7-10,12,16,23H,2-6H2,1H3. The second-order valence-corrected chi connectivity index (χ2v) is 6.61. The summed E-state index contributed by atoms with van der Waals surface area (Å²) < 4.78 is 1.54. The summed E-state index contributed by atoms with van der Waals surface area (Å²) in [6, 6.07) is 8.05. The van der Waals surface area contributed by atoms with Crippen LogP contribution in [0.4, 0.5) is 0 Å². The maximum Gasteiger partial charge on any atom is 0.268 e. The molecule has 5 nitrogen and oxygen atoms in total. The number of nitriles is 1. The number of aryl methyl sites for hydroxylation is 1. The van der Waals surface area contributed by atoms with Crippen LogP contribution in [0.2, 0.25) is 0 Å². The van der Waals surface area contributed by atoms with Gasteiger partial charge in [0.05, 0.1) is 5.56 Å². The number of nitrogens with zero attached hydrogens (tertiary/aromatic N) is 2. The predicted molar refractivity (Wildman–Crippen MR) is 93.8 cm³/mol. The molecule has 1 aliphatic carbocycles. The monoisotopic (exact) mass is 336 g/mol. The zero-order valence-electron chi connectivity index (χ0n) is 14.2. The van der Waals surface area contributed by atoms with E-state index in [2.05, 4.69) is 0 Å². The third-order valence-electron chi connectivity index (χ3n) is 4.79. The Morgan fingerprint density at radius 2 is 1.96 bits per heavy atom. The number of rotatable bonds is 3. The van der Waals surface area contributed by atoms with Crippen LogP contribution in [0.3, 0.4) is 0 Å². The van der Waals surface area contributed by atoms with Gasteiger partial charge in [0.1, 0.15) is 17.4 Å². The third kappa shape index (κ3) is 3.34. The summed E-state index contributed by atoms with van der Waals surface area (Å²) in [6.07, 6.45) is 6.51. The van der Waals surface area contributed by atoms with Crippen LogP contribution in [-0.2, 0) is 0 Å². The normalized spacial score (nSPS) is 14.9. The van der Waals surface area contributed by atoms with Crippen molar-refractivity contribution in [3.8, 4) is 11.8 Å². The van der Waals surface area contributed by atoms with Crippen LogP contribution in [0.15, 0.2) is 35.3 Å². The van der Waals surface area contributed by atoms with Gasteiger partial charge in [-0.25, -0.2) is 0 Å². The van der Waals surface area contributed by atoms with Gasteiger partial charge in [0.15, 0.2) is 5.78 Å². The van der Waals surface area contributed by atoms with Crippen molar-refractivity contribution in [2.45, 2.75) is 45.1 Å². The molecule has 0 atom stereocenters. The molecule has 1 N–H and O–H groups in total. The van der Waals surface area contributed by atoms with E-state index in [0.29, 0.717) is 0 Å². The first-order chi connectivity index (χ1) is 12.0. The number of hydrogen-bond donors (Lipinski definition) is 1. The molecule has 0 bridgehead atoms. The Morgan fingerprint density at radius 1 is 1.24 bits per heavy atom. The highest BCUT2D eigenvalue weighted by molar-refractivity contribution is 6.10. The highest BCUT2D eigenvalue weighted by atomic mass is 16.3. The van der Waals surface area contributed by atoms with Gasteiger partial charge in [-0.1, -0.05) is 30.9 Å². The Kier molecular flexibility index (Phi) is 4.71. The third-order valence-corrected chi connectivity index (χ3v) is 4.79. The minimum Gasteiger partial charge on any atom is -0.507 e. The Morgan fingerprint density at radius 3 is 2.64 bits per heavy atom. The van der Waals surface area contributed by atoms with Gasteiger partial charge in [0.2, 0.25) is 0 Å². The number of phenolic OH excluding ortho intramolecular Hbond substituents is 1. The molecule has 1 aromatic heterocycles. The van der Waals surface area contributed by atoms with E-state index in [0.717, 1.165) is 37.7 Å². The van der Waals surface area contributed by atoms with E-state index in [4.69, 9.17) is 0 Å². The van der Waals surface area contributed by atoms with Crippen molar-refractivity contribution >= 4 is 5.78 Å². The van der Waals surface area contributed by atoms with Crippen LogP contribution >= 0.6 is 0 Å². The number of carbonyl (C=O) groups excluding carboxylic acids is 1. The average Bonchev–Trinajstić information content (AvgIpc) is 2.64. The molecular weight excluding hydrogens is 316 g/mol. The molecule has 1 fully saturated rings. The fourth-order valence-electron chi connectivity index (χ4n) is 3.42. The maximum absolute atomic E-state index is 12.8. The van der Waals surface area contributed by atoms with Crippen molar-refractivity contribution in [1.82, 2.24) is 4.57 Å². The molecule has 0 amide bonds. The summed E-state index contributed by atoms with van der Waals surface area (Å²) in [5, 5.41) is 19.3. The van der Waals surface area contributed by atoms with Gasteiger partial charge in [-0.2, -0.15) is 5.26 Å². The van der Waals surface area contributed by atoms with E-state index < -0.39 is 0 Å². The number of aromatic nitrogens is 1. The molecule has 2 aromatic rings. The zero-order chi connectivity index (χ0) is 18.0. The zero-order valence-corrected chi connectivity index (χ0v) is 14.2. The molecule has 1 saturated carbocycles. The Balaban J connectivity index is 2.10. The lowest BCUT2D eigenvalue weighted by Gasteiger charge is -2.24. The van der Waals surface area contributed by atoms with Crippen LogP contribution in [0.25, 0.3) is 0 Å². The molecule has 1 aliphatic rings.